The van der Waals surface area contributed by atoms with Crippen LogP contribution in [0.2, 0.25) is 0 Å². The monoisotopic (exact) mass is 387 g/mol. The Morgan fingerprint density at radius 1 is 1.21 bits per heavy atom. The third-order valence-corrected chi connectivity index (χ3v) is 6.28. The van der Waals surface area contributed by atoms with Crippen LogP contribution in [0.1, 0.15) is 43.2 Å². The van der Waals surface area contributed by atoms with E-state index >= 15 is 0 Å². The van der Waals surface area contributed by atoms with Gasteiger partial charge in [0.1, 0.15) is 0 Å². The first-order chi connectivity index (χ1) is 13.3. The number of benzene rings is 1. The van der Waals surface area contributed by atoms with Gasteiger partial charge in [0.25, 0.3) is 0 Å². The second-order valence-corrected chi connectivity index (χ2v) is 8.60. The van der Waals surface area contributed by atoms with E-state index in [1.807, 2.05) is 44.1 Å². The van der Waals surface area contributed by atoms with Crippen molar-refractivity contribution < 1.29 is 14.3 Å². The van der Waals surface area contributed by atoms with E-state index in [1.54, 1.807) is 4.90 Å². The van der Waals surface area contributed by atoms with Gasteiger partial charge in [-0.1, -0.05) is 6.07 Å². The maximum Gasteiger partial charge on any atom is 0.321 e. The summed E-state index contributed by atoms with van der Waals surface area (Å²) in [7, 11) is 3.62. The quantitative estimate of drug-likeness (QED) is 0.862. The van der Waals surface area contributed by atoms with Gasteiger partial charge in [0.05, 0.1) is 5.60 Å². The van der Waals surface area contributed by atoms with Crippen LogP contribution in [0, 0.1) is 19.8 Å². The number of carbonyl (C=O) groups is 2. The van der Waals surface area contributed by atoms with Crippen molar-refractivity contribution in [2.75, 3.05) is 39.1 Å². The van der Waals surface area contributed by atoms with Gasteiger partial charge in [-0.3, -0.25) is 4.79 Å². The van der Waals surface area contributed by atoms with E-state index in [4.69, 9.17) is 4.74 Å². The van der Waals surface area contributed by atoms with Gasteiger partial charge in [0, 0.05) is 45.9 Å². The molecule has 3 amide bonds. The molecule has 1 unspecified atom stereocenters. The van der Waals surface area contributed by atoms with Crippen molar-refractivity contribution in [2.24, 2.45) is 5.92 Å². The smallest absolute Gasteiger partial charge is 0.321 e. The lowest BCUT2D eigenvalue weighted by Crippen LogP contribution is -2.51. The Hall–Kier alpha value is -2.08. The SMILES string of the molecule is Cc1ccc(NC(=O)N2CCC3(CC2)CC(CC(=O)N(C)C)CCO3)cc1C. The molecule has 2 fully saturated rings. The van der Waals surface area contributed by atoms with Crippen LogP contribution in [0.4, 0.5) is 10.5 Å². The number of anilines is 1. The zero-order valence-electron chi connectivity index (χ0n) is 17.6. The Morgan fingerprint density at radius 3 is 2.57 bits per heavy atom. The average molecular weight is 388 g/mol. The van der Waals surface area contributed by atoms with Crippen molar-refractivity contribution in [3.8, 4) is 0 Å². The maximum absolute atomic E-state index is 12.6. The number of likely N-dealkylation sites (tertiary alicyclic amines) is 1. The molecule has 28 heavy (non-hydrogen) atoms. The minimum absolute atomic E-state index is 0.0479. The first-order valence-electron chi connectivity index (χ1n) is 10.3. The van der Waals surface area contributed by atoms with E-state index in [-0.39, 0.29) is 17.5 Å². The molecule has 0 radical (unpaired) electrons. The molecular weight excluding hydrogens is 354 g/mol. The largest absolute Gasteiger partial charge is 0.375 e. The number of nitrogens with zero attached hydrogens (tertiary/aromatic N) is 2. The molecule has 154 valence electrons. The van der Waals surface area contributed by atoms with Gasteiger partial charge in [-0.05, 0) is 68.7 Å². The molecule has 2 aliphatic rings. The summed E-state index contributed by atoms with van der Waals surface area (Å²) in [6.45, 7) is 6.19. The molecule has 2 heterocycles. The number of carbonyl (C=O) groups excluding carboxylic acids is 2. The number of hydrogen-bond acceptors (Lipinski definition) is 3. The number of amides is 3. The normalized spacial score (nSPS) is 21.4. The second kappa shape index (κ2) is 8.52. The summed E-state index contributed by atoms with van der Waals surface area (Å²) in [6.07, 6.45) is 4.12. The van der Waals surface area contributed by atoms with Crippen LogP contribution in [-0.4, -0.2) is 61.1 Å². The van der Waals surface area contributed by atoms with Crippen LogP contribution < -0.4 is 5.32 Å². The van der Waals surface area contributed by atoms with Crippen LogP contribution in [-0.2, 0) is 9.53 Å². The molecule has 0 aromatic heterocycles. The lowest BCUT2D eigenvalue weighted by atomic mass is 9.78. The van der Waals surface area contributed by atoms with E-state index in [9.17, 15) is 9.59 Å². The third kappa shape index (κ3) is 4.85. The molecule has 2 saturated heterocycles. The lowest BCUT2D eigenvalue weighted by Gasteiger charge is -2.46. The Balaban J connectivity index is 1.53. The van der Waals surface area contributed by atoms with E-state index in [2.05, 4.69) is 12.2 Å². The highest BCUT2D eigenvalue weighted by atomic mass is 16.5. The molecule has 6 heteroatoms. The minimum Gasteiger partial charge on any atom is -0.375 e. The predicted octanol–water partition coefficient (Wildman–Crippen LogP) is 3.57. The molecule has 0 bridgehead atoms. The summed E-state index contributed by atoms with van der Waals surface area (Å²) in [5.74, 6) is 0.562. The van der Waals surface area contributed by atoms with Crippen LogP contribution in [0.5, 0.6) is 0 Å². The van der Waals surface area contributed by atoms with Gasteiger partial charge in [-0.2, -0.15) is 0 Å². The summed E-state index contributed by atoms with van der Waals surface area (Å²) in [4.78, 5) is 28.3. The van der Waals surface area contributed by atoms with Crippen molar-refractivity contribution in [2.45, 2.75) is 51.6 Å². The highest BCUT2D eigenvalue weighted by Gasteiger charge is 2.41. The molecule has 2 aliphatic heterocycles. The highest BCUT2D eigenvalue weighted by Crippen LogP contribution is 2.39. The fraction of sp³-hybridized carbons (Fsp3) is 0.636. The number of piperidine rings is 1. The van der Waals surface area contributed by atoms with E-state index in [0.29, 0.717) is 32.0 Å². The summed E-state index contributed by atoms with van der Waals surface area (Å²) in [6, 6.07) is 5.94. The number of nitrogens with one attached hydrogen (secondary N) is 1. The van der Waals surface area contributed by atoms with Crippen molar-refractivity contribution in [1.29, 1.82) is 0 Å². The molecule has 1 spiro atoms. The topological polar surface area (TPSA) is 61.9 Å². The summed E-state index contributed by atoms with van der Waals surface area (Å²) < 4.78 is 6.17. The first kappa shape index (κ1) is 20.6. The second-order valence-electron chi connectivity index (χ2n) is 8.60. The van der Waals surface area contributed by atoms with Crippen LogP contribution >= 0.6 is 0 Å². The van der Waals surface area contributed by atoms with Crippen LogP contribution in [0.15, 0.2) is 18.2 Å². The minimum atomic E-state index is -0.174. The average Bonchev–Trinajstić information content (AvgIpc) is 2.65. The molecule has 1 aromatic rings. The molecule has 1 atom stereocenters. The predicted molar refractivity (Wildman–Crippen MR) is 110 cm³/mol. The van der Waals surface area contributed by atoms with Gasteiger partial charge in [0.15, 0.2) is 0 Å². The molecular formula is C22H33N3O3. The van der Waals surface area contributed by atoms with Crippen LogP contribution in [0.3, 0.4) is 0 Å². The van der Waals surface area contributed by atoms with E-state index in [0.717, 1.165) is 31.4 Å². The van der Waals surface area contributed by atoms with Gasteiger partial charge < -0.3 is 19.9 Å². The number of rotatable bonds is 3. The van der Waals surface area contributed by atoms with Gasteiger partial charge in [0.2, 0.25) is 5.91 Å². The first-order valence-corrected chi connectivity index (χ1v) is 10.3. The number of urea groups is 1. The zero-order chi connectivity index (χ0) is 20.3. The number of aryl methyl sites for hydroxylation is 2. The van der Waals surface area contributed by atoms with Crippen molar-refractivity contribution in [3.05, 3.63) is 29.3 Å². The molecule has 0 saturated carbocycles. The summed E-state index contributed by atoms with van der Waals surface area (Å²) in [5.41, 5.74) is 3.05. The fourth-order valence-corrected chi connectivity index (χ4v) is 4.22. The molecule has 0 aliphatic carbocycles. The third-order valence-electron chi connectivity index (χ3n) is 6.28. The standard InChI is InChI=1S/C22H33N3O3/c1-16-5-6-19(13-17(16)2)23-21(27)25-10-8-22(9-11-25)15-18(7-12-28-22)14-20(26)24(3)4/h5-6,13,18H,7-12,14-15H2,1-4H3,(H,23,27). The zero-order valence-corrected chi connectivity index (χ0v) is 17.6. The number of hydrogen-bond donors (Lipinski definition) is 1. The van der Waals surface area contributed by atoms with Crippen molar-refractivity contribution in [1.82, 2.24) is 9.80 Å². The van der Waals surface area contributed by atoms with Gasteiger partial charge in [-0.25, -0.2) is 4.79 Å². The van der Waals surface area contributed by atoms with E-state index < -0.39 is 0 Å². The summed E-state index contributed by atoms with van der Waals surface area (Å²) >= 11 is 0. The molecule has 6 nitrogen and oxygen atoms in total. The van der Waals surface area contributed by atoms with Crippen molar-refractivity contribution >= 4 is 17.6 Å². The Morgan fingerprint density at radius 2 is 1.93 bits per heavy atom. The molecule has 1 aromatic carbocycles. The molecule has 1 N–H and O–H groups in total. The Bertz CT molecular complexity index is 724. The van der Waals surface area contributed by atoms with Gasteiger partial charge >= 0.3 is 6.03 Å². The maximum atomic E-state index is 12.6. The van der Waals surface area contributed by atoms with Gasteiger partial charge in [-0.15, -0.1) is 0 Å². The molecule has 3 rings (SSSR count). The lowest BCUT2D eigenvalue weighted by molar-refractivity contribution is -0.138. The highest BCUT2D eigenvalue weighted by molar-refractivity contribution is 5.89. The van der Waals surface area contributed by atoms with E-state index in [1.165, 1.54) is 11.1 Å². The van der Waals surface area contributed by atoms with Crippen LogP contribution in [0.25, 0.3) is 0 Å². The number of ether oxygens (including phenoxy) is 1. The summed E-state index contributed by atoms with van der Waals surface area (Å²) in [5, 5.41) is 3.01. The Labute approximate surface area is 168 Å². The van der Waals surface area contributed by atoms with Crippen molar-refractivity contribution in [3.63, 3.8) is 0 Å². The fourth-order valence-electron chi connectivity index (χ4n) is 4.22. The Kier molecular flexibility index (Phi) is 6.28.